The molecule has 1 N–H and O–H groups in total. The number of nitrogens with zero attached hydrogens (tertiary/aromatic N) is 1. The highest BCUT2D eigenvalue weighted by Crippen LogP contribution is 2.36. The first-order valence-corrected chi connectivity index (χ1v) is 7.51. The highest BCUT2D eigenvalue weighted by Gasteiger charge is 2.39. The Labute approximate surface area is 150 Å². The van der Waals surface area contributed by atoms with Crippen molar-refractivity contribution >= 4 is 11.7 Å². The number of esters is 1. The van der Waals surface area contributed by atoms with Crippen LogP contribution in [0.4, 0.5) is 18.9 Å². The number of alkyl halides is 3. The number of nitro groups is 1. The third-order valence-corrected chi connectivity index (χ3v) is 3.64. The molecule has 0 spiro atoms. The summed E-state index contributed by atoms with van der Waals surface area (Å²) in [4.78, 5) is 22.5. The maximum Gasteiger partial charge on any atom is 0.573 e. The number of halogens is 3. The first-order chi connectivity index (χ1) is 12.7. The first kappa shape index (κ1) is 18.2. The van der Waals surface area contributed by atoms with Crippen LogP contribution in [0.1, 0.15) is 22.0 Å². The number of carbonyl (C=O) groups excluding carboxylic acids is 1. The number of hydrogen-bond acceptors (Lipinski definition) is 6. The van der Waals surface area contributed by atoms with Crippen LogP contribution in [0.3, 0.4) is 0 Å². The standard InChI is InChI=1S/C17H11F3N2O5/c18-17(19,20)27-11-7-5-10(6-8-11)21-9-14(22(24)25)15-12-3-1-2-4-13(12)16(23)26-15/h1-9,15,21H/t15-/m1/s1. The summed E-state index contributed by atoms with van der Waals surface area (Å²) in [7, 11) is 0. The molecule has 0 saturated carbocycles. The molecule has 0 saturated heterocycles. The van der Waals surface area contributed by atoms with Crippen molar-refractivity contribution in [1.29, 1.82) is 0 Å². The molecule has 27 heavy (non-hydrogen) atoms. The predicted octanol–water partition coefficient (Wildman–Crippen LogP) is 4.03. The van der Waals surface area contributed by atoms with Gasteiger partial charge in [0.2, 0.25) is 6.10 Å². The molecule has 140 valence electrons. The average Bonchev–Trinajstić information content (AvgIpc) is 2.92. The summed E-state index contributed by atoms with van der Waals surface area (Å²) in [5, 5.41) is 14.0. The maximum absolute atomic E-state index is 12.1. The number of anilines is 1. The van der Waals surface area contributed by atoms with E-state index in [9.17, 15) is 28.1 Å². The van der Waals surface area contributed by atoms with Gasteiger partial charge in [0.15, 0.2) is 0 Å². The third-order valence-electron chi connectivity index (χ3n) is 3.64. The van der Waals surface area contributed by atoms with Gasteiger partial charge in [-0.05, 0) is 30.3 Å². The molecule has 0 unspecified atom stereocenters. The first-order valence-electron chi connectivity index (χ1n) is 7.51. The topological polar surface area (TPSA) is 90.7 Å². The zero-order chi connectivity index (χ0) is 19.6. The van der Waals surface area contributed by atoms with E-state index in [1.165, 1.54) is 18.2 Å². The lowest BCUT2D eigenvalue weighted by atomic mass is 10.0. The van der Waals surface area contributed by atoms with Crippen LogP contribution in [0.25, 0.3) is 0 Å². The van der Waals surface area contributed by atoms with Crippen molar-refractivity contribution in [3.8, 4) is 5.75 Å². The summed E-state index contributed by atoms with van der Waals surface area (Å²) in [6.07, 6.45) is -4.98. The van der Waals surface area contributed by atoms with Crippen molar-refractivity contribution in [3.05, 3.63) is 81.7 Å². The van der Waals surface area contributed by atoms with E-state index >= 15 is 0 Å². The molecule has 7 nitrogen and oxygen atoms in total. The number of ether oxygens (including phenoxy) is 2. The number of rotatable bonds is 5. The highest BCUT2D eigenvalue weighted by atomic mass is 19.4. The van der Waals surface area contributed by atoms with Crippen LogP contribution in [0, 0.1) is 10.1 Å². The van der Waals surface area contributed by atoms with Crippen LogP contribution in [-0.2, 0) is 4.74 Å². The zero-order valence-electron chi connectivity index (χ0n) is 13.4. The van der Waals surface area contributed by atoms with Gasteiger partial charge >= 0.3 is 18.0 Å². The van der Waals surface area contributed by atoms with E-state index in [1.54, 1.807) is 18.2 Å². The Morgan fingerprint density at radius 1 is 1.19 bits per heavy atom. The minimum atomic E-state index is -4.81. The lowest BCUT2D eigenvalue weighted by Crippen LogP contribution is -2.17. The van der Waals surface area contributed by atoms with Gasteiger partial charge in [-0.3, -0.25) is 10.1 Å². The second-order valence-corrected chi connectivity index (χ2v) is 5.42. The predicted molar refractivity (Wildman–Crippen MR) is 86.4 cm³/mol. The molecule has 0 fully saturated rings. The molecule has 3 rings (SSSR count). The van der Waals surface area contributed by atoms with Gasteiger partial charge in [-0.1, -0.05) is 18.2 Å². The number of fused-ring (bicyclic) bond motifs is 1. The van der Waals surface area contributed by atoms with Gasteiger partial charge in [0, 0.05) is 11.3 Å². The van der Waals surface area contributed by atoms with Gasteiger partial charge in [-0.25, -0.2) is 4.79 Å². The number of nitrogens with one attached hydrogen (secondary N) is 1. The molecule has 0 amide bonds. The average molecular weight is 380 g/mol. The SMILES string of the molecule is O=C1O[C@@H](C(=CNc2ccc(OC(F)(F)F)cc2)[N+](=O)[O-])c2ccccc21. The normalized spacial score (nSPS) is 16.5. The zero-order valence-corrected chi connectivity index (χ0v) is 13.4. The maximum atomic E-state index is 12.1. The van der Waals surface area contributed by atoms with Crippen LogP contribution in [0.5, 0.6) is 5.75 Å². The van der Waals surface area contributed by atoms with Gasteiger partial charge in [0.1, 0.15) is 5.75 Å². The second kappa shape index (κ2) is 6.98. The van der Waals surface area contributed by atoms with Gasteiger partial charge in [-0.2, -0.15) is 0 Å². The van der Waals surface area contributed by atoms with Crippen molar-refractivity contribution in [2.45, 2.75) is 12.5 Å². The monoisotopic (exact) mass is 380 g/mol. The van der Waals surface area contributed by atoms with Crippen molar-refractivity contribution in [3.63, 3.8) is 0 Å². The summed E-state index contributed by atoms with van der Waals surface area (Å²) in [6, 6.07) is 10.9. The smallest absolute Gasteiger partial charge is 0.442 e. The number of carbonyl (C=O) groups is 1. The molecule has 2 aromatic rings. The van der Waals surface area contributed by atoms with Crippen LogP contribution in [-0.4, -0.2) is 17.3 Å². The quantitative estimate of drug-likeness (QED) is 0.479. The Morgan fingerprint density at radius 2 is 1.85 bits per heavy atom. The minimum absolute atomic E-state index is 0.240. The van der Waals surface area contributed by atoms with Crippen molar-refractivity contribution < 1.29 is 32.4 Å². The van der Waals surface area contributed by atoms with E-state index in [-0.39, 0.29) is 11.3 Å². The summed E-state index contributed by atoms with van der Waals surface area (Å²) < 4.78 is 45.3. The molecule has 1 aliphatic rings. The minimum Gasteiger partial charge on any atom is -0.442 e. The van der Waals surface area contributed by atoms with Gasteiger partial charge < -0.3 is 14.8 Å². The van der Waals surface area contributed by atoms with Crippen LogP contribution >= 0.6 is 0 Å². The van der Waals surface area contributed by atoms with Crippen molar-refractivity contribution in [2.75, 3.05) is 5.32 Å². The van der Waals surface area contributed by atoms with E-state index < -0.39 is 34.8 Å². The van der Waals surface area contributed by atoms with E-state index in [0.717, 1.165) is 18.3 Å². The summed E-state index contributed by atoms with van der Waals surface area (Å²) in [5.41, 5.74) is 0.454. The van der Waals surface area contributed by atoms with E-state index in [0.29, 0.717) is 5.56 Å². The molecule has 0 aliphatic carbocycles. The molecular formula is C17H11F3N2O5. The molecule has 1 aliphatic heterocycles. The van der Waals surface area contributed by atoms with Gasteiger partial charge in [0.05, 0.1) is 16.7 Å². The van der Waals surface area contributed by atoms with Crippen LogP contribution in [0.2, 0.25) is 0 Å². The van der Waals surface area contributed by atoms with E-state index in [2.05, 4.69) is 10.1 Å². The third kappa shape index (κ3) is 4.17. The number of benzene rings is 2. The van der Waals surface area contributed by atoms with Gasteiger partial charge in [0.25, 0.3) is 0 Å². The largest absolute Gasteiger partial charge is 0.573 e. The fraction of sp³-hybridized carbons (Fsp3) is 0.118. The Balaban J connectivity index is 1.80. The molecule has 0 bridgehead atoms. The molecule has 1 heterocycles. The Kier molecular flexibility index (Phi) is 4.72. The summed E-state index contributed by atoms with van der Waals surface area (Å²) >= 11 is 0. The number of cyclic esters (lactones) is 1. The molecule has 1 atom stereocenters. The van der Waals surface area contributed by atoms with E-state index in [1.807, 2.05) is 0 Å². The van der Waals surface area contributed by atoms with Crippen LogP contribution < -0.4 is 10.1 Å². The lowest BCUT2D eigenvalue weighted by Gasteiger charge is -2.10. The molecule has 0 radical (unpaired) electrons. The molecule has 0 aromatic heterocycles. The Hall–Kier alpha value is -3.56. The lowest BCUT2D eigenvalue weighted by molar-refractivity contribution is -0.436. The van der Waals surface area contributed by atoms with Crippen LogP contribution in [0.15, 0.2) is 60.4 Å². The highest BCUT2D eigenvalue weighted by molar-refractivity contribution is 5.94. The Morgan fingerprint density at radius 3 is 2.48 bits per heavy atom. The molecule has 10 heteroatoms. The fourth-order valence-corrected chi connectivity index (χ4v) is 2.50. The number of hydrogen-bond donors (Lipinski definition) is 1. The second-order valence-electron chi connectivity index (χ2n) is 5.42. The summed E-state index contributed by atoms with van der Waals surface area (Å²) in [5.74, 6) is -1.10. The molecular weight excluding hydrogens is 369 g/mol. The summed E-state index contributed by atoms with van der Waals surface area (Å²) in [6.45, 7) is 0. The fourth-order valence-electron chi connectivity index (χ4n) is 2.50. The van der Waals surface area contributed by atoms with Crippen molar-refractivity contribution in [1.82, 2.24) is 0 Å². The van der Waals surface area contributed by atoms with Gasteiger partial charge in [-0.15, -0.1) is 13.2 Å². The van der Waals surface area contributed by atoms with Crippen molar-refractivity contribution in [2.24, 2.45) is 0 Å². The van der Waals surface area contributed by atoms with E-state index in [4.69, 9.17) is 4.74 Å². The Bertz CT molecular complexity index is 910. The molecule has 2 aromatic carbocycles.